The van der Waals surface area contributed by atoms with Gasteiger partial charge >= 0.3 is 0 Å². The molecule has 0 spiro atoms. The van der Waals surface area contributed by atoms with E-state index in [0.29, 0.717) is 12.1 Å². The average molecular weight is 369 g/mol. The van der Waals surface area contributed by atoms with E-state index in [1.165, 1.54) is 0 Å². The predicted molar refractivity (Wildman–Crippen MR) is 109 cm³/mol. The van der Waals surface area contributed by atoms with E-state index in [2.05, 4.69) is 16.0 Å². The molecular formula is C21H27N3O3. The van der Waals surface area contributed by atoms with Crippen LogP contribution in [0.2, 0.25) is 0 Å². The number of rotatable bonds is 9. The van der Waals surface area contributed by atoms with E-state index in [0.717, 1.165) is 23.5 Å². The first-order chi connectivity index (χ1) is 13.0. The van der Waals surface area contributed by atoms with Gasteiger partial charge in [-0.1, -0.05) is 13.0 Å². The molecule has 0 aliphatic heterocycles. The van der Waals surface area contributed by atoms with Crippen LogP contribution in [-0.4, -0.2) is 24.5 Å². The van der Waals surface area contributed by atoms with Crippen molar-refractivity contribution in [1.29, 1.82) is 0 Å². The van der Waals surface area contributed by atoms with Gasteiger partial charge in [-0.15, -0.1) is 0 Å². The summed E-state index contributed by atoms with van der Waals surface area (Å²) >= 11 is 0. The first-order valence-corrected chi connectivity index (χ1v) is 9.16. The molecule has 2 aromatic carbocycles. The van der Waals surface area contributed by atoms with Gasteiger partial charge in [0.05, 0.1) is 12.6 Å². The van der Waals surface area contributed by atoms with Crippen molar-refractivity contribution in [1.82, 2.24) is 0 Å². The fourth-order valence-corrected chi connectivity index (χ4v) is 2.43. The molecule has 0 saturated carbocycles. The maximum absolute atomic E-state index is 12.1. The number of benzene rings is 2. The van der Waals surface area contributed by atoms with Crippen molar-refractivity contribution in [3.63, 3.8) is 0 Å². The highest BCUT2D eigenvalue weighted by atomic mass is 16.5. The zero-order valence-corrected chi connectivity index (χ0v) is 16.0. The summed E-state index contributed by atoms with van der Waals surface area (Å²) in [5, 5.41) is 8.73. The molecule has 144 valence electrons. The van der Waals surface area contributed by atoms with Crippen LogP contribution in [-0.2, 0) is 9.59 Å². The van der Waals surface area contributed by atoms with Gasteiger partial charge in [0.25, 0.3) is 0 Å². The predicted octanol–water partition coefficient (Wildman–Crippen LogP) is 4.26. The first kappa shape index (κ1) is 20.3. The Kier molecular flexibility index (Phi) is 7.67. The van der Waals surface area contributed by atoms with Gasteiger partial charge in [0.1, 0.15) is 5.75 Å². The molecule has 0 saturated heterocycles. The molecule has 2 amide bonds. The van der Waals surface area contributed by atoms with Crippen LogP contribution in [0.5, 0.6) is 5.75 Å². The molecule has 2 rings (SSSR count). The maximum Gasteiger partial charge on any atom is 0.243 e. The maximum atomic E-state index is 12.1. The zero-order chi connectivity index (χ0) is 19.6. The molecule has 0 atom stereocenters. The average Bonchev–Trinajstić information content (AvgIpc) is 2.61. The summed E-state index contributed by atoms with van der Waals surface area (Å²) in [4.78, 5) is 23.7. The van der Waals surface area contributed by atoms with Crippen LogP contribution in [0.15, 0.2) is 48.5 Å². The Morgan fingerprint density at radius 3 is 2.26 bits per heavy atom. The second kappa shape index (κ2) is 10.2. The Morgan fingerprint density at radius 1 is 0.926 bits per heavy atom. The minimum absolute atomic E-state index is 0.00117. The third-order valence-electron chi connectivity index (χ3n) is 3.59. The van der Waals surface area contributed by atoms with Crippen molar-refractivity contribution < 1.29 is 14.3 Å². The van der Waals surface area contributed by atoms with Crippen molar-refractivity contribution in [3.8, 4) is 5.75 Å². The van der Waals surface area contributed by atoms with Gasteiger partial charge in [0.15, 0.2) is 0 Å². The molecule has 0 radical (unpaired) electrons. The van der Waals surface area contributed by atoms with Crippen LogP contribution in [0.4, 0.5) is 17.1 Å². The zero-order valence-electron chi connectivity index (χ0n) is 16.0. The van der Waals surface area contributed by atoms with Crippen LogP contribution in [0.1, 0.15) is 33.6 Å². The number of hydrogen-bond acceptors (Lipinski definition) is 4. The van der Waals surface area contributed by atoms with Crippen molar-refractivity contribution in [2.75, 3.05) is 22.5 Å². The smallest absolute Gasteiger partial charge is 0.243 e. The summed E-state index contributed by atoms with van der Waals surface area (Å²) in [6.45, 7) is 6.01. The Balaban J connectivity index is 1.82. The Morgan fingerprint density at radius 2 is 1.59 bits per heavy atom. The second-order valence-corrected chi connectivity index (χ2v) is 6.47. The van der Waals surface area contributed by atoms with Gasteiger partial charge in [-0.2, -0.15) is 0 Å². The molecule has 3 N–H and O–H groups in total. The van der Waals surface area contributed by atoms with Crippen LogP contribution < -0.4 is 20.7 Å². The highest BCUT2D eigenvalue weighted by Crippen LogP contribution is 2.19. The molecule has 0 aliphatic carbocycles. The van der Waals surface area contributed by atoms with E-state index in [4.69, 9.17) is 4.74 Å². The van der Waals surface area contributed by atoms with Gasteiger partial charge in [0.2, 0.25) is 11.8 Å². The number of carbonyl (C=O) groups is 2. The number of nitrogens with one attached hydrogen (secondary N) is 3. The number of carbonyl (C=O) groups excluding carboxylic acids is 2. The van der Waals surface area contributed by atoms with Gasteiger partial charge < -0.3 is 20.7 Å². The molecule has 0 unspecified atom stereocenters. The summed E-state index contributed by atoms with van der Waals surface area (Å²) in [6, 6.07) is 14.6. The van der Waals surface area contributed by atoms with Crippen LogP contribution in [0.25, 0.3) is 0 Å². The second-order valence-electron chi connectivity index (χ2n) is 6.47. The molecule has 2 aromatic rings. The van der Waals surface area contributed by atoms with Crippen molar-refractivity contribution >= 4 is 28.9 Å². The third-order valence-corrected chi connectivity index (χ3v) is 3.59. The van der Waals surface area contributed by atoms with Crippen molar-refractivity contribution in [2.24, 2.45) is 0 Å². The highest BCUT2D eigenvalue weighted by Gasteiger charge is 2.05. The van der Waals surface area contributed by atoms with E-state index in [1.807, 2.05) is 51.1 Å². The lowest BCUT2D eigenvalue weighted by atomic mass is 10.2. The van der Waals surface area contributed by atoms with E-state index >= 15 is 0 Å². The molecule has 27 heavy (non-hydrogen) atoms. The van der Waals surface area contributed by atoms with Gasteiger partial charge in [-0.3, -0.25) is 9.59 Å². The quantitative estimate of drug-likeness (QED) is 0.617. The van der Waals surface area contributed by atoms with E-state index in [1.54, 1.807) is 18.2 Å². The van der Waals surface area contributed by atoms with Crippen molar-refractivity contribution in [3.05, 3.63) is 48.5 Å². The SMILES string of the molecule is CCCC(=O)Nc1ccc(NCC(=O)Nc2cccc(OC(C)C)c2)cc1. The number of hydrogen-bond donors (Lipinski definition) is 3. The Bertz CT molecular complexity index is 758. The normalized spacial score (nSPS) is 10.4. The number of anilines is 3. The minimum Gasteiger partial charge on any atom is -0.491 e. The first-order valence-electron chi connectivity index (χ1n) is 9.16. The third kappa shape index (κ3) is 7.40. The lowest BCUT2D eigenvalue weighted by molar-refractivity contribution is -0.116. The molecular weight excluding hydrogens is 342 g/mol. The minimum atomic E-state index is -0.156. The van der Waals surface area contributed by atoms with Crippen molar-refractivity contribution in [2.45, 2.75) is 39.7 Å². The lowest BCUT2D eigenvalue weighted by Gasteiger charge is -2.12. The molecule has 0 bridgehead atoms. The molecule has 0 heterocycles. The standard InChI is InChI=1S/C21H27N3O3/c1-4-6-20(25)23-17-11-9-16(10-12-17)22-14-21(26)24-18-7-5-8-19(13-18)27-15(2)3/h5,7-13,15,22H,4,6,14H2,1-3H3,(H,23,25)(H,24,26). The van der Waals surface area contributed by atoms with Crippen LogP contribution in [0, 0.1) is 0 Å². The lowest BCUT2D eigenvalue weighted by Crippen LogP contribution is -2.21. The fourth-order valence-electron chi connectivity index (χ4n) is 2.43. The van der Waals surface area contributed by atoms with E-state index in [-0.39, 0.29) is 24.5 Å². The largest absolute Gasteiger partial charge is 0.491 e. The molecule has 0 aromatic heterocycles. The summed E-state index contributed by atoms with van der Waals surface area (Å²) in [6.07, 6.45) is 1.39. The van der Waals surface area contributed by atoms with E-state index < -0.39 is 0 Å². The van der Waals surface area contributed by atoms with E-state index in [9.17, 15) is 9.59 Å². The summed E-state index contributed by atoms with van der Waals surface area (Å²) in [7, 11) is 0. The number of amides is 2. The topological polar surface area (TPSA) is 79.5 Å². The van der Waals surface area contributed by atoms with Crippen LogP contribution >= 0.6 is 0 Å². The number of ether oxygens (including phenoxy) is 1. The summed E-state index contributed by atoms with van der Waals surface area (Å²) in [5.41, 5.74) is 2.23. The monoisotopic (exact) mass is 369 g/mol. The van der Waals surface area contributed by atoms with Gasteiger partial charge in [-0.25, -0.2) is 0 Å². The molecule has 6 heteroatoms. The fraction of sp³-hybridized carbons (Fsp3) is 0.333. The summed E-state index contributed by atoms with van der Waals surface area (Å²) < 4.78 is 5.62. The summed E-state index contributed by atoms with van der Waals surface area (Å²) in [5.74, 6) is 0.565. The molecule has 0 fully saturated rings. The van der Waals surface area contributed by atoms with Gasteiger partial charge in [0, 0.05) is 29.5 Å². The highest BCUT2D eigenvalue weighted by molar-refractivity contribution is 5.94. The van der Waals surface area contributed by atoms with Crippen LogP contribution in [0.3, 0.4) is 0 Å². The molecule has 6 nitrogen and oxygen atoms in total. The molecule has 0 aliphatic rings. The Labute approximate surface area is 160 Å². The van der Waals surface area contributed by atoms with Gasteiger partial charge in [-0.05, 0) is 56.7 Å². The Hall–Kier alpha value is -3.02.